The maximum absolute atomic E-state index is 12.2. The number of carbonyl (C=O) groups is 1. The fraction of sp³-hybridized carbons (Fsp3) is 0.438. The minimum atomic E-state index is 0.245. The molecule has 2 aromatic rings. The molecule has 0 fully saturated rings. The molecule has 0 radical (unpaired) electrons. The number of aryl methyl sites for hydroxylation is 1. The number of hydrogen-bond donors (Lipinski definition) is 0. The average Bonchev–Trinajstić information content (AvgIpc) is 2.85. The van der Waals surface area contributed by atoms with Crippen LogP contribution in [0.15, 0.2) is 12.1 Å². The summed E-state index contributed by atoms with van der Waals surface area (Å²) in [5.41, 5.74) is 5.94. The molecule has 0 saturated heterocycles. The van der Waals surface area contributed by atoms with Crippen LogP contribution in [-0.4, -0.2) is 22.3 Å². The summed E-state index contributed by atoms with van der Waals surface area (Å²) >= 11 is 0. The molecule has 0 atom stereocenters. The van der Waals surface area contributed by atoms with Crippen LogP contribution in [-0.2, 0) is 20.1 Å². The molecule has 0 saturated carbocycles. The molecule has 0 bridgehead atoms. The summed E-state index contributed by atoms with van der Waals surface area (Å²) < 4.78 is 2.15. The molecule has 3 rings (SSSR count). The molecule has 0 spiro atoms. The Morgan fingerprint density at radius 3 is 2.47 bits per heavy atom. The molecule has 0 amide bonds. The highest BCUT2D eigenvalue weighted by atomic mass is 16.1. The largest absolute Gasteiger partial charge is 0.347 e. The monoisotopic (exact) mass is 256 g/mol. The molecule has 2 heterocycles. The first-order valence-corrected chi connectivity index (χ1v) is 6.85. The summed E-state index contributed by atoms with van der Waals surface area (Å²) in [7, 11) is 4.18. The van der Waals surface area contributed by atoms with Gasteiger partial charge in [0.25, 0.3) is 0 Å². The number of hydrogen-bond acceptors (Lipinski definition) is 2. The van der Waals surface area contributed by atoms with Crippen LogP contribution in [0.5, 0.6) is 0 Å². The molecular weight excluding hydrogens is 236 g/mol. The number of nitrogens with zero attached hydrogens (tertiary/aromatic N) is 2. The molecule has 0 N–H and O–H groups in total. The van der Waals surface area contributed by atoms with Gasteiger partial charge in [-0.2, -0.15) is 0 Å². The molecule has 1 aliphatic heterocycles. The number of fused-ring (bicyclic) bond motifs is 2. The number of rotatable bonds is 2. The third-order valence-electron chi connectivity index (χ3n) is 4.29. The number of benzene rings is 1. The maximum Gasteiger partial charge on any atom is 0.165 e. The lowest BCUT2D eigenvalue weighted by molar-refractivity contribution is 0.0989. The predicted octanol–water partition coefficient (Wildman–Crippen LogP) is 3.02. The normalized spacial score (nSPS) is 15.2. The predicted molar refractivity (Wildman–Crippen MR) is 77.4 cm³/mol. The van der Waals surface area contributed by atoms with Gasteiger partial charge in [-0.05, 0) is 37.2 Å². The minimum absolute atomic E-state index is 0.245. The lowest BCUT2D eigenvalue weighted by atomic mass is 10.0. The summed E-state index contributed by atoms with van der Waals surface area (Å²) in [6.45, 7) is 5.97. The summed E-state index contributed by atoms with van der Waals surface area (Å²) in [5, 5.41) is 1.13. The molecule has 1 aromatic heterocycles. The van der Waals surface area contributed by atoms with Crippen molar-refractivity contribution in [2.75, 3.05) is 7.05 Å². The van der Waals surface area contributed by atoms with Crippen LogP contribution in [0.2, 0.25) is 0 Å². The minimum Gasteiger partial charge on any atom is -0.347 e. The summed E-state index contributed by atoms with van der Waals surface area (Å²) in [6, 6.07) is 4.48. The van der Waals surface area contributed by atoms with Gasteiger partial charge < -0.3 is 4.57 Å². The van der Waals surface area contributed by atoms with Crippen LogP contribution >= 0.6 is 0 Å². The molecule has 1 aliphatic rings. The van der Waals surface area contributed by atoms with E-state index in [1.807, 2.05) is 13.8 Å². The maximum atomic E-state index is 12.2. The van der Waals surface area contributed by atoms with Crippen LogP contribution in [0.3, 0.4) is 0 Å². The van der Waals surface area contributed by atoms with E-state index in [-0.39, 0.29) is 5.78 Å². The zero-order chi connectivity index (χ0) is 13.7. The van der Waals surface area contributed by atoms with E-state index in [4.69, 9.17) is 0 Å². The third-order valence-corrected chi connectivity index (χ3v) is 4.29. The highest BCUT2D eigenvalue weighted by molar-refractivity contribution is 6.09. The van der Waals surface area contributed by atoms with Gasteiger partial charge in [-0.3, -0.25) is 9.69 Å². The van der Waals surface area contributed by atoms with Gasteiger partial charge in [-0.15, -0.1) is 0 Å². The fourth-order valence-electron chi connectivity index (χ4n) is 3.16. The van der Waals surface area contributed by atoms with E-state index < -0.39 is 0 Å². The first kappa shape index (κ1) is 12.4. The second kappa shape index (κ2) is 4.20. The zero-order valence-corrected chi connectivity index (χ0v) is 12.1. The molecule has 0 unspecified atom stereocenters. The van der Waals surface area contributed by atoms with Crippen molar-refractivity contribution in [1.82, 2.24) is 9.47 Å². The zero-order valence-electron chi connectivity index (χ0n) is 12.1. The molecule has 1 aromatic carbocycles. The van der Waals surface area contributed by atoms with Crippen molar-refractivity contribution in [2.45, 2.75) is 33.4 Å². The summed E-state index contributed by atoms with van der Waals surface area (Å²) in [6.07, 6.45) is 0.566. The van der Waals surface area contributed by atoms with Gasteiger partial charge in [-0.1, -0.05) is 6.92 Å². The Balaban J connectivity index is 2.31. The van der Waals surface area contributed by atoms with Crippen molar-refractivity contribution in [3.63, 3.8) is 0 Å². The second-order valence-corrected chi connectivity index (χ2v) is 5.61. The molecule has 100 valence electrons. The van der Waals surface area contributed by atoms with Gasteiger partial charge in [0.05, 0.1) is 0 Å². The number of carbonyl (C=O) groups excluding carboxylic acids is 1. The van der Waals surface area contributed by atoms with E-state index in [1.54, 1.807) is 0 Å². The van der Waals surface area contributed by atoms with Gasteiger partial charge in [0.2, 0.25) is 0 Å². The Morgan fingerprint density at radius 2 is 1.84 bits per heavy atom. The quantitative estimate of drug-likeness (QED) is 0.772. The molecule has 0 aliphatic carbocycles. The summed E-state index contributed by atoms with van der Waals surface area (Å²) in [5.74, 6) is 0.245. The van der Waals surface area contributed by atoms with Crippen molar-refractivity contribution < 1.29 is 4.79 Å². The van der Waals surface area contributed by atoms with E-state index in [0.29, 0.717) is 6.42 Å². The van der Waals surface area contributed by atoms with Gasteiger partial charge in [0.15, 0.2) is 5.78 Å². The number of aromatic nitrogens is 1. The Hall–Kier alpha value is -1.61. The molecule has 3 heteroatoms. The van der Waals surface area contributed by atoms with Crippen molar-refractivity contribution >= 4 is 16.7 Å². The van der Waals surface area contributed by atoms with E-state index in [1.165, 1.54) is 16.6 Å². The highest BCUT2D eigenvalue weighted by Crippen LogP contribution is 2.32. The van der Waals surface area contributed by atoms with Gasteiger partial charge in [0, 0.05) is 48.7 Å². The van der Waals surface area contributed by atoms with Gasteiger partial charge >= 0.3 is 0 Å². The highest BCUT2D eigenvalue weighted by Gasteiger charge is 2.22. The van der Waals surface area contributed by atoms with Crippen LogP contribution in [0, 0.1) is 6.92 Å². The number of Topliss-reactive ketones (excluding diaryl/α,β-unsaturated/α-hetero) is 1. The average molecular weight is 256 g/mol. The van der Waals surface area contributed by atoms with Crippen molar-refractivity contribution in [3.8, 4) is 0 Å². The lowest BCUT2D eigenvalue weighted by Crippen LogP contribution is -2.07. The Morgan fingerprint density at radius 1 is 1.21 bits per heavy atom. The fourth-order valence-corrected chi connectivity index (χ4v) is 3.16. The molecule has 19 heavy (non-hydrogen) atoms. The van der Waals surface area contributed by atoms with Crippen molar-refractivity contribution in [2.24, 2.45) is 7.05 Å². The molecule has 3 nitrogen and oxygen atoms in total. The number of ketones is 1. The Labute approximate surface area is 113 Å². The van der Waals surface area contributed by atoms with Crippen molar-refractivity contribution in [3.05, 3.63) is 34.5 Å². The van der Waals surface area contributed by atoms with Gasteiger partial charge in [0.1, 0.15) is 0 Å². The third kappa shape index (κ3) is 1.72. The van der Waals surface area contributed by atoms with Crippen molar-refractivity contribution in [1.29, 1.82) is 0 Å². The Bertz CT molecular complexity index is 682. The van der Waals surface area contributed by atoms with E-state index in [0.717, 1.165) is 29.7 Å². The van der Waals surface area contributed by atoms with Crippen LogP contribution in [0.25, 0.3) is 10.9 Å². The van der Waals surface area contributed by atoms with Crippen LogP contribution < -0.4 is 0 Å². The first-order valence-electron chi connectivity index (χ1n) is 6.85. The molecular formula is C16H20N2O. The van der Waals surface area contributed by atoms with E-state index in [2.05, 4.69) is 35.7 Å². The SMILES string of the molecule is CCC(=O)c1c(C)n(C)c2cc3c(cc12)CN(C)C3. The topological polar surface area (TPSA) is 25.2 Å². The first-order chi connectivity index (χ1) is 9.02. The second-order valence-electron chi connectivity index (χ2n) is 5.61. The summed E-state index contributed by atoms with van der Waals surface area (Å²) in [4.78, 5) is 14.5. The van der Waals surface area contributed by atoms with E-state index >= 15 is 0 Å². The van der Waals surface area contributed by atoms with Gasteiger partial charge in [-0.25, -0.2) is 0 Å². The van der Waals surface area contributed by atoms with Crippen LogP contribution in [0.4, 0.5) is 0 Å². The Kier molecular flexibility index (Phi) is 2.75. The van der Waals surface area contributed by atoms with E-state index in [9.17, 15) is 4.79 Å². The van der Waals surface area contributed by atoms with Crippen LogP contribution in [0.1, 0.15) is 40.5 Å². The smallest absolute Gasteiger partial charge is 0.165 e. The standard InChI is InChI=1S/C16H20N2O/c1-5-15(19)16-10(2)18(4)14-7-12-9-17(3)8-11(12)6-13(14)16/h6-7H,5,8-9H2,1-4H3. The lowest BCUT2D eigenvalue weighted by Gasteiger charge is -2.03.